The van der Waals surface area contributed by atoms with Gasteiger partial charge in [-0.05, 0) is 55.3 Å². The molecule has 0 bridgehead atoms. The van der Waals surface area contributed by atoms with Crippen molar-refractivity contribution in [3.8, 4) is 0 Å². The second kappa shape index (κ2) is 9.80. The first-order valence-electron chi connectivity index (χ1n) is 12.6. The zero-order chi connectivity index (χ0) is 26.3. The second-order valence-corrected chi connectivity index (χ2v) is 12.0. The van der Waals surface area contributed by atoms with Crippen molar-refractivity contribution >= 4 is 27.1 Å². The fourth-order valence-electron chi connectivity index (χ4n) is 5.34. The lowest BCUT2D eigenvalue weighted by atomic mass is 9.95. The summed E-state index contributed by atoms with van der Waals surface area (Å²) in [4.78, 5) is 4.72. The molecule has 2 unspecified atom stereocenters. The van der Waals surface area contributed by atoms with Crippen LogP contribution in [0.4, 0.5) is 17.1 Å². The summed E-state index contributed by atoms with van der Waals surface area (Å²) in [7, 11) is 0.218. The van der Waals surface area contributed by atoms with Gasteiger partial charge in [-0.1, -0.05) is 24.3 Å². The average molecular weight is 528 g/mol. The maximum atomic E-state index is 12.7. The van der Waals surface area contributed by atoms with Gasteiger partial charge in [0.05, 0.1) is 17.6 Å². The van der Waals surface area contributed by atoms with E-state index < -0.39 is 21.7 Å². The van der Waals surface area contributed by atoms with E-state index in [2.05, 4.69) is 57.1 Å². The van der Waals surface area contributed by atoms with Crippen LogP contribution in [-0.2, 0) is 26.8 Å². The molecule has 11 heteroatoms. The van der Waals surface area contributed by atoms with E-state index in [9.17, 15) is 8.42 Å². The Labute approximate surface area is 219 Å². The van der Waals surface area contributed by atoms with Crippen LogP contribution in [0, 0.1) is 0 Å². The molecule has 0 amide bonds. The molecule has 3 aliphatic rings. The van der Waals surface area contributed by atoms with Crippen LogP contribution in [0.1, 0.15) is 17.5 Å². The van der Waals surface area contributed by atoms with E-state index in [1.54, 1.807) is 6.20 Å². The summed E-state index contributed by atoms with van der Waals surface area (Å²) in [6.07, 6.45) is 6.54. The second-order valence-electron chi connectivity index (χ2n) is 10.1. The summed E-state index contributed by atoms with van der Waals surface area (Å²) in [6, 6.07) is 14.2. The fraction of sp³-hybridized carbons (Fsp3) is 0.462. The van der Waals surface area contributed by atoms with Gasteiger partial charge in [0, 0.05) is 51.7 Å². The van der Waals surface area contributed by atoms with Crippen LogP contribution in [0.5, 0.6) is 0 Å². The van der Waals surface area contributed by atoms with Gasteiger partial charge in [-0.15, -0.1) is 0 Å². The number of ether oxygens (including phenoxy) is 1. The zero-order valence-corrected chi connectivity index (χ0v) is 22.5. The third-order valence-corrected chi connectivity index (χ3v) is 8.60. The highest BCUT2D eigenvalue weighted by Crippen LogP contribution is 2.40. The number of piperazine rings is 1. The number of sulfonamides is 1. The number of hydrogen-bond acceptors (Lipinski definition) is 9. The number of hydrogen-bond donors (Lipinski definition) is 4. The van der Waals surface area contributed by atoms with Crippen LogP contribution in [0.25, 0.3) is 0 Å². The van der Waals surface area contributed by atoms with Crippen molar-refractivity contribution in [1.29, 1.82) is 0 Å². The molecule has 0 radical (unpaired) electrons. The minimum Gasteiger partial charge on any atom is -0.369 e. The molecule has 2 atom stereocenters. The van der Waals surface area contributed by atoms with Crippen molar-refractivity contribution < 1.29 is 13.2 Å². The maximum absolute atomic E-state index is 12.7. The number of benzene rings is 2. The Bertz CT molecular complexity index is 1260. The molecule has 0 aliphatic carbocycles. The van der Waals surface area contributed by atoms with Gasteiger partial charge >= 0.3 is 0 Å². The lowest BCUT2D eigenvalue weighted by Gasteiger charge is -2.45. The minimum atomic E-state index is -3.45. The largest absolute Gasteiger partial charge is 0.369 e. The van der Waals surface area contributed by atoms with Gasteiger partial charge < -0.3 is 25.2 Å². The SMILES string of the molecule is COC1(N)NC=CC(Nc2cccc3c2N(S(C)(=O)=O)CCC3)(c2ccc(N3CCN(C)CC3)cc2)N1. The average Bonchev–Trinajstić information content (AvgIpc) is 2.89. The normalized spacial score (nSPS) is 26.5. The number of nitrogens with one attached hydrogen (secondary N) is 3. The van der Waals surface area contributed by atoms with Gasteiger partial charge in [0.25, 0.3) is 5.97 Å². The number of likely N-dealkylation sites (N-methyl/N-ethyl adjacent to an activating group) is 1. The van der Waals surface area contributed by atoms with Gasteiger partial charge in [-0.2, -0.15) is 0 Å². The Balaban J connectivity index is 1.55. The Hall–Kier alpha value is -2.83. The summed E-state index contributed by atoms with van der Waals surface area (Å²) in [5.74, 6) is -1.34. The van der Waals surface area contributed by atoms with E-state index in [-0.39, 0.29) is 0 Å². The molecular formula is C26H37N7O3S. The quantitative estimate of drug-likeness (QED) is 0.413. The van der Waals surface area contributed by atoms with Crippen molar-refractivity contribution in [2.45, 2.75) is 24.5 Å². The molecule has 200 valence electrons. The molecule has 0 spiro atoms. The van der Waals surface area contributed by atoms with E-state index in [1.807, 2.05) is 24.3 Å². The van der Waals surface area contributed by atoms with Crippen LogP contribution >= 0.6 is 0 Å². The van der Waals surface area contributed by atoms with E-state index in [1.165, 1.54) is 17.7 Å². The van der Waals surface area contributed by atoms with Crippen LogP contribution < -0.4 is 30.9 Å². The summed E-state index contributed by atoms with van der Waals surface area (Å²) >= 11 is 0. The van der Waals surface area contributed by atoms with Gasteiger partial charge in [0.15, 0.2) is 0 Å². The number of anilines is 3. The number of rotatable bonds is 6. The van der Waals surface area contributed by atoms with Crippen molar-refractivity contribution in [2.75, 3.05) is 67.7 Å². The molecule has 1 fully saturated rings. The fourth-order valence-corrected chi connectivity index (χ4v) is 6.35. The lowest BCUT2D eigenvalue weighted by molar-refractivity contribution is -0.0732. The third-order valence-electron chi connectivity index (χ3n) is 7.44. The first kappa shape index (κ1) is 25.8. The number of aryl methyl sites for hydroxylation is 1. The molecule has 37 heavy (non-hydrogen) atoms. The van der Waals surface area contributed by atoms with Crippen molar-refractivity contribution in [3.63, 3.8) is 0 Å². The molecule has 0 saturated carbocycles. The molecule has 5 N–H and O–H groups in total. The smallest absolute Gasteiger partial charge is 0.256 e. The number of methoxy groups -OCH3 is 1. The highest BCUT2D eigenvalue weighted by molar-refractivity contribution is 7.92. The molecule has 0 aromatic heterocycles. The Morgan fingerprint density at radius 3 is 2.46 bits per heavy atom. The first-order valence-corrected chi connectivity index (χ1v) is 14.5. The molecule has 3 aliphatic heterocycles. The lowest BCUT2D eigenvalue weighted by Crippen LogP contribution is -2.72. The summed E-state index contributed by atoms with van der Waals surface area (Å²) in [5, 5.41) is 10.0. The predicted octanol–water partition coefficient (Wildman–Crippen LogP) is 1.34. The van der Waals surface area contributed by atoms with E-state index in [0.717, 1.165) is 55.8 Å². The molecule has 2 aromatic rings. The van der Waals surface area contributed by atoms with E-state index >= 15 is 0 Å². The van der Waals surface area contributed by atoms with E-state index in [4.69, 9.17) is 10.5 Å². The number of nitrogens with two attached hydrogens (primary N) is 1. The molecule has 1 saturated heterocycles. The first-order chi connectivity index (χ1) is 17.6. The van der Waals surface area contributed by atoms with Gasteiger partial charge in [-0.25, -0.2) is 13.7 Å². The summed E-state index contributed by atoms with van der Waals surface area (Å²) in [6.45, 7) is 4.47. The third kappa shape index (κ3) is 5.14. The molecule has 10 nitrogen and oxygen atoms in total. The standard InChI is InChI=1S/C26H37N7O3S/c1-31-16-18-32(19-17-31)22-11-9-21(10-12-22)25(13-14-28-26(27,30-25)36-2)29-23-8-4-6-20-7-5-15-33(24(20)23)37(3,34)35/h4,6,8-14,28-30H,5,7,15-19,27H2,1-3H3. The van der Waals surface area contributed by atoms with Crippen LogP contribution in [0.3, 0.4) is 0 Å². The Morgan fingerprint density at radius 1 is 1.05 bits per heavy atom. The summed E-state index contributed by atoms with van der Waals surface area (Å²) in [5.41, 5.74) is 9.93. The highest BCUT2D eigenvalue weighted by atomic mass is 32.2. The molecule has 2 aromatic carbocycles. The Kier molecular flexibility index (Phi) is 6.84. The van der Waals surface area contributed by atoms with Crippen molar-refractivity contribution in [1.82, 2.24) is 15.5 Å². The number of para-hydroxylation sites is 1. The molecule has 5 rings (SSSR count). The highest BCUT2D eigenvalue weighted by Gasteiger charge is 2.42. The van der Waals surface area contributed by atoms with Gasteiger partial charge in [-0.3, -0.25) is 10.0 Å². The van der Waals surface area contributed by atoms with Crippen molar-refractivity contribution in [3.05, 3.63) is 65.9 Å². The van der Waals surface area contributed by atoms with Gasteiger partial charge in [0.2, 0.25) is 10.0 Å². The van der Waals surface area contributed by atoms with Gasteiger partial charge in [0.1, 0.15) is 5.66 Å². The maximum Gasteiger partial charge on any atom is 0.256 e. The van der Waals surface area contributed by atoms with Crippen molar-refractivity contribution in [2.24, 2.45) is 5.73 Å². The zero-order valence-electron chi connectivity index (χ0n) is 21.7. The number of nitrogens with zero attached hydrogens (tertiary/aromatic N) is 3. The van der Waals surface area contributed by atoms with E-state index in [0.29, 0.717) is 17.9 Å². The minimum absolute atomic E-state index is 0.445. The molecule has 3 heterocycles. The molecular weight excluding hydrogens is 490 g/mol. The Morgan fingerprint density at radius 2 is 1.78 bits per heavy atom. The van der Waals surface area contributed by atoms with Crippen LogP contribution in [0.15, 0.2) is 54.7 Å². The number of fused-ring (bicyclic) bond motifs is 1. The van der Waals surface area contributed by atoms with Crippen LogP contribution in [-0.4, -0.2) is 72.4 Å². The predicted molar refractivity (Wildman–Crippen MR) is 148 cm³/mol. The monoisotopic (exact) mass is 527 g/mol. The summed E-state index contributed by atoms with van der Waals surface area (Å²) < 4.78 is 32.5. The topological polar surface area (TPSA) is 115 Å². The van der Waals surface area contributed by atoms with Crippen LogP contribution in [0.2, 0.25) is 0 Å².